The van der Waals surface area contributed by atoms with Gasteiger partial charge in [0.2, 0.25) is 0 Å². The van der Waals surface area contributed by atoms with E-state index in [0.717, 1.165) is 5.56 Å². The maximum atomic E-state index is 13.5. The van der Waals surface area contributed by atoms with E-state index in [1.54, 1.807) is 60.7 Å². The number of benzene rings is 4. The molecule has 0 radical (unpaired) electrons. The third-order valence-electron chi connectivity index (χ3n) is 5.60. The molecule has 4 aromatic rings. The first-order valence-electron chi connectivity index (χ1n) is 10.9. The number of amidine groups is 1. The number of nitrogens with zero attached hydrogens (tertiary/aromatic N) is 2. The fourth-order valence-corrected chi connectivity index (χ4v) is 4.35. The molecule has 35 heavy (non-hydrogen) atoms. The Hall–Kier alpha value is -3.99. The molecule has 170 valence electrons. The van der Waals surface area contributed by atoms with Gasteiger partial charge in [-0.25, -0.2) is 4.99 Å². The van der Waals surface area contributed by atoms with E-state index in [9.17, 15) is 9.59 Å². The van der Waals surface area contributed by atoms with Crippen LogP contribution in [0.2, 0.25) is 10.0 Å². The maximum absolute atomic E-state index is 13.5. The van der Waals surface area contributed by atoms with Gasteiger partial charge in [-0.2, -0.15) is 0 Å². The van der Waals surface area contributed by atoms with Crippen LogP contribution in [0.15, 0.2) is 114 Å². The van der Waals surface area contributed by atoms with Gasteiger partial charge in [-0.15, -0.1) is 0 Å². The Morgan fingerprint density at radius 2 is 1.29 bits per heavy atom. The van der Waals surface area contributed by atoms with E-state index in [0.29, 0.717) is 38.3 Å². The minimum Gasteiger partial charge on any atom is -0.289 e. The molecule has 1 aliphatic heterocycles. The highest BCUT2D eigenvalue weighted by atomic mass is 35.5. The lowest BCUT2D eigenvalue weighted by Crippen LogP contribution is -2.32. The van der Waals surface area contributed by atoms with Gasteiger partial charge in [-0.1, -0.05) is 89.9 Å². The Labute approximate surface area is 212 Å². The topological polar surface area (TPSA) is 49.7 Å². The fraction of sp³-hybridized carbons (Fsp3) is 0. The Morgan fingerprint density at radius 3 is 1.91 bits per heavy atom. The monoisotopic (exact) mass is 496 g/mol. The van der Waals surface area contributed by atoms with Crippen molar-refractivity contribution in [2.75, 3.05) is 4.90 Å². The van der Waals surface area contributed by atoms with Gasteiger partial charge < -0.3 is 0 Å². The maximum Gasteiger partial charge on any atom is 0.282 e. The van der Waals surface area contributed by atoms with Crippen LogP contribution >= 0.6 is 23.2 Å². The first kappa shape index (κ1) is 22.8. The van der Waals surface area contributed by atoms with Crippen LogP contribution in [0.5, 0.6) is 0 Å². The van der Waals surface area contributed by atoms with Crippen molar-refractivity contribution >= 4 is 52.5 Å². The number of carbonyl (C=O) groups is 2. The van der Waals surface area contributed by atoms with Crippen LogP contribution < -0.4 is 4.90 Å². The van der Waals surface area contributed by atoms with Crippen molar-refractivity contribution in [3.8, 4) is 0 Å². The highest BCUT2D eigenvalue weighted by Gasteiger charge is 2.32. The van der Waals surface area contributed by atoms with Gasteiger partial charge in [0.1, 0.15) is 11.5 Å². The summed E-state index contributed by atoms with van der Waals surface area (Å²) in [5.74, 6) is 0.0740. The van der Waals surface area contributed by atoms with Crippen LogP contribution in [0, 0.1) is 0 Å². The molecule has 0 fully saturated rings. The van der Waals surface area contributed by atoms with E-state index in [2.05, 4.69) is 4.99 Å². The average molecular weight is 497 g/mol. The zero-order valence-corrected chi connectivity index (χ0v) is 19.9. The third-order valence-corrected chi connectivity index (χ3v) is 6.26. The fourth-order valence-electron chi connectivity index (χ4n) is 3.84. The van der Waals surface area contributed by atoms with E-state index < -0.39 is 0 Å². The SMILES string of the molecule is O=C(c1ccccc1)c1ccc(N2C(=O)/C(=C/c3c(Cl)cccc3Cl)N=C2c2ccccc2)cc1. The average Bonchev–Trinajstić information content (AvgIpc) is 3.22. The molecule has 0 bridgehead atoms. The van der Waals surface area contributed by atoms with Crippen LogP contribution in [0.4, 0.5) is 5.69 Å². The number of rotatable bonds is 5. The third kappa shape index (κ3) is 4.54. The highest BCUT2D eigenvalue weighted by molar-refractivity contribution is 6.38. The largest absolute Gasteiger partial charge is 0.289 e. The molecule has 1 amide bonds. The summed E-state index contributed by atoms with van der Waals surface area (Å²) in [5, 5.41) is 0.855. The second-order valence-electron chi connectivity index (χ2n) is 7.85. The summed E-state index contributed by atoms with van der Waals surface area (Å²) in [6.45, 7) is 0. The molecule has 0 spiro atoms. The number of halogens is 2. The van der Waals surface area contributed by atoms with Crippen LogP contribution in [-0.4, -0.2) is 17.5 Å². The van der Waals surface area contributed by atoms with Crippen molar-refractivity contribution in [1.82, 2.24) is 0 Å². The molecule has 4 aromatic carbocycles. The smallest absolute Gasteiger partial charge is 0.282 e. The molecule has 0 N–H and O–H groups in total. The summed E-state index contributed by atoms with van der Waals surface area (Å²) in [7, 11) is 0. The van der Waals surface area contributed by atoms with Gasteiger partial charge in [0.15, 0.2) is 5.78 Å². The van der Waals surface area contributed by atoms with E-state index in [4.69, 9.17) is 23.2 Å². The summed E-state index contributed by atoms with van der Waals surface area (Å²) in [4.78, 5) is 32.5. The number of amides is 1. The van der Waals surface area contributed by atoms with Crippen molar-refractivity contribution in [2.45, 2.75) is 0 Å². The normalized spacial score (nSPS) is 14.3. The highest BCUT2D eigenvalue weighted by Crippen LogP contribution is 2.32. The predicted octanol–water partition coefficient (Wildman–Crippen LogP) is 7.06. The summed E-state index contributed by atoms with van der Waals surface area (Å²) in [6, 6.07) is 30.6. The lowest BCUT2D eigenvalue weighted by molar-refractivity contribution is -0.113. The van der Waals surface area contributed by atoms with E-state index in [1.165, 1.54) is 4.90 Å². The first-order valence-corrected chi connectivity index (χ1v) is 11.6. The molecular weight excluding hydrogens is 479 g/mol. The van der Waals surface area contributed by atoms with E-state index >= 15 is 0 Å². The number of ketones is 1. The summed E-state index contributed by atoms with van der Waals surface area (Å²) < 4.78 is 0. The molecule has 1 heterocycles. The minimum absolute atomic E-state index is 0.0872. The number of hydrogen-bond donors (Lipinski definition) is 0. The van der Waals surface area contributed by atoms with Gasteiger partial charge >= 0.3 is 0 Å². The van der Waals surface area contributed by atoms with E-state index in [1.807, 2.05) is 48.5 Å². The molecule has 0 unspecified atom stereocenters. The van der Waals surface area contributed by atoms with Crippen molar-refractivity contribution in [1.29, 1.82) is 0 Å². The molecule has 0 aromatic heterocycles. The van der Waals surface area contributed by atoms with Crippen molar-refractivity contribution in [3.63, 3.8) is 0 Å². The predicted molar refractivity (Wildman–Crippen MR) is 141 cm³/mol. The van der Waals surface area contributed by atoms with Crippen LogP contribution in [0.3, 0.4) is 0 Å². The minimum atomic E-state index is -0.318. The molecule has 1 aliphatic rings. The summed E-state index contributed by atoms with van der Waals surface area (Å²) >= 11 is 12.7. The van der Waals surface area contributed by atoms with Crippen LogP contribution in [0.1, 0.15) is 27.0 Å². The van der Waals surface area contributed by atoms with Gasteiger partial charge in [0.05, 0.1) is 5.69 Å². The van der Waals surface area contributed by atoms with Crippen LogP contribution in [-0.2, 0) is 4.79 Å². The second kappa shape index (κ2) is 9.71. The lowest BCUT2D eigenvalue weighted by atomic mass is 10.0. The van der Waals surface area contributed by atoms with Crippen LogP contribution in [0.25, 0.3) is 6.08 Å². The summed E-state index contributed by atoms with van der Waals surface area (Å²) in [5.41, 5.74) is 3.24. The van der Waals surface area contributed by atoms with Gasteiger partial charge in [-0.05, 0) is 42.5 Å². The van der Waals surface area contributed by atoms with Gasteiger partial charge in [0.25, 0.3) is 5.91 Å². The Bertz CT molecular complexity index is 1460. The summed E-state index contributed by atoms with van der Waals surface area (Å²) in [6.07, 6.45) is 1.60. The molecule has 5 rings (SSSR count). The zero-order chi connectivity index (χ0) is 24.4. The molecular formula is C29H18Cl2N2O2. The second-order valence-corrected chi connectivity index (χ2v) is 8.66. The molecule has 0 aliphatic carbocycles. The lowest BCUT2D eigenvalue weighted by Gasteiger charge is -2.19. The molecule has 6 heteroatoms. The van der Waals surface area contributed by atoms with Gasteiger partial charge in [-0.3, -0.25) is 14.5 Å². The Balaban J connectivity index is 1.55. The first-order chi connectivity index (χ1) is 17.0. The molecule has 4 nitrogen and oxygen atoms in total. The quantitative estimate of drug-likeness (QED) is 0.219. The number of anilines is 1. The molecule has 0 atom stereocenters. The molecule has 0 saturated carbocycles. The van der Waals surface area contributed by atoms with Crippen molar-refractivity contribution in [2.24, 2.45) is 4.99 Å². The van der Waals surface area contributed by atoms with Gasteiger partial charge in [0, 0.05) is 32.3 Å². The van der Waals surface area contributed by atoms with Crippen molar-refractivity contribution in [3.05, 3.63) is 141 Å². The van der Waals surface area contributed by atoms with Crippen molar-refractivity contribution < 1.29 is 9.59 Å². The Morgan fingerprint density at radius 1 is 0.714 bits per heavy atom. The van der Waals surface area contributed by atoms with E-state index in [-0.39, 0.29) is 17.4 Å². The Kier molecular flexibility index (Phi) is 6.32. The number of carbonyl (C=O) groups excluding carboxylic acids is 2. The number of hydrogen-bond acceptors (Lipinski definition) is 3. The zero-order valence-electron chi connectivity index (χ0n) is 18.4. The molecule has 0 saturated heterocycles. The standard InChI is InChI=1S/C29H18Cl2N2O2/c30-24-12-7-13-25(31)23(24)18-26-29(35)33(28(32-26)21-10-5-2-6-11-21)22-16-14-20(15-17-22)27(34)19-8-3-1-4-9-19/h1-18H/b26-18-. The number of aliphatic imine (C=N–C) groups is 1.